The minimum absolute atomic E-state index is 0.00890. The van der Waals surface area contributed by atoms with Gasteiger partial charge >= 0.3 is 0 Å². The molecule has 1 saturated heterocycles. The second-order valence-corrected chi connectivity index (χ2v) is 10.1. The molecule has 2 aromatic carbocycles. The van der Waals surface area contributed by atoms with E-state index in [2.05, 4.69) is 0 Å². The molecule has 1 amide bonds. The van der Waals surface area contributed by atoms with Crippen molar-refractivity contribution in [3.05, 3.63) is 52.0 Å². The third kappa shape index (κ3) is 5.31. The maximum absolute atomic E-state index is 13.4. The second-order valence-electron chi connectivity index (χ2n) is 7.36. The van der Waals surface area contributed by atoms with Gasteiger partial charge in [-0.15, -0.1) is 0 Å². The Bertz CT molecular complexity index is 1120. The Morgan fingerprint density at radius 1 is 1.06 bits per heavy atom. The molecule has 0 N–H and O–H groups in total. The number of carbonyl (C=O) groups is 1. The van der Waals surface area contributed by atoms with Gasteiger partial charge in [-0.25, -0.2) is 8.42 Å². The molecule has 0 unspecified atom stereocenters. The summed E-state index contributed by atoms with van der Waals surface area (Å²) >= 11 is 12.0. The Morgan fingerprint density at radius 3 is 2.23 bits per heavy atom. The average Bonchev–Trinajstić information content (AvgIpc) is 2.72. The number of carbonyl (C=O) groups excluding carboxylic acids is 1. The zero-order valence-electron chi connectivity index (χ0n) is 17.0. The summed E-state index contributed by atoms with van der Waals surface area (Å²) in [6, 6.07) is 10.7. The Kier molecular flexibility index (Phi) is 7.12. The summed E-state index contributed by atoms with van der Waals surface area (Å²) in [5.74, 6) is 0.161. The van der Waals surface area contributed by atoms with Gasteiger partial charge in [-0.3, -0.25) is 4.79 Å². The molecule has 1 aliphatic rings. The zero-order valence-corrected chi connectivity index (χ0v) is 19.3. The smallest absolute Gasteiger partial charge is 0.246 e. The van der Waals surface area contributed by atoms with E-state index in [0.717, 1.165) is 0 Å². The van der Waals surface area contributed by atoms with E-state index in [9.17, 15) is 18.5 Å². The van der Waals surface area contributed by atoms with Crippen molar-refractivity contribution >= 4 is 39.1 Å². The van der Waals surface area contributed by atoms with E-state index in [1.807, 2.05) is 19.9 Å². The quantitative estimate of drug-likeness (QED) is 0.639. The van der Waals surface area contributed by atoms with Crippen LogP contribution in [0.1, 0.15) is 19.4 Å². The molecule has 0 atom stereocenters. The van der Waals surface area contributed by atoms with Crippen molar-refractivity contribution in [2.75, 3.05) is 26.2 Å². The minimum Gasteiger partial charge on any atom is -0.456 e. The highest BCUT2D eigenvalue weighted by Crippen LogP contribution is 2.34. The molecule has 3 rings (SSSR count). The van der Waals surface area contributed by atoms with Gasteiger partial charge in [0.15, 0.2) is 0 Å². The molecule has 31 heavy (non-hydrogen) atoms. The number of benzene rings is 2. The lowest BCUT2D eigenvalue weighted by Crippen LogP contribution is -2.51. The Morgan fingerprint density at radius 2 is 1.68 bits per heavy atom. The van der Waals surface area contributed by atoms with Gasteiger partial charge in [-0.1, -0.05) is 37.0 Å². The average molecular weight is 482 g/mol. The molecule has 164 valence electrons. The van der Waals surface area contributed by atoms with Crippen molar-refractivity contribution in [1.29, 1.82) is 5.26 Å². The highest BCUT2D eigenvalue weighted by Gasteiger charge is 2.33. The van der Waals surface area contributed by atoms with Crippen molar-refractivity contribution < 1.29 is 17.9 Å². The van der Waals surface area contributed by atoms with Crippen molar-refractivity contribution in [2.45, 2.75) is 18.7 Å². The molecule has 0 radical (unpaired) electrons. The lowest BCUT2D eigenvalue weighted by Gasteiger charge is -2.35. The van der Waals surface area contributed by atoms with Crippen LogP contribution >= 0.6 is 23.2 Å². The monoisotopic (exact) mass is 481 g/mol. The predicted molar refractivity (Wildman–Crippen MR) is 118 cm³/mol. The highest BCUT2D eigenvalue weighted by molar-refractivity contribution is 7.89. The Labute approximate surface area is 191 Å². The van der Waals surface area contributed by atoms with Crippen LogP contribution in [0.25, 0.3) is 0 Å². The maximum Gasteiger partial charge on any atom is 0.246 e. The van der Waals surface area contributed by atoms with Gasteiger partial charge in [-0.05, 0) is 36.4 Å². The fourth-order valence-corrected chi connectivity index (χ4v) is 5.30. The van der Waals surface area contributed by atoms with Crippen LogP contribution in [0.15, 0.2) is 41.3 Å². The van der Waals surface area contributed by atoms with Crippen LogP contribution in [0.2, 0.25) is 10.0 Å². The molecule has 0 aliphatic carbocycles. The predicted octanol–water partition coefficient (Wildman–Crippen LogP) is 4.15. The van der Waals surface area contributed by atoms with Gasteiger partial charge in [0, 0.05) is 42.1 Å². The van der Waals surface area contributed by atoms with Crippen LogP contribution in [0.5, 0.6) is 11.5 Å². The van der Waals surface area contributed by atoms with Crippen LogP contribution < -0.4 is 4.74 Å². The van der Waals surface area contributed by atoms with E-state index in [-0.39, 0.29) is 46.9 Å². The largest absolute Gasteiger partial charge is 0.456 e. The van der Waals surface area contributed by atoms with Crippen molar-refractivity contribution in [3.8, 4) is 17.6 Å². The summed E-state index contributed by atoms with van der Waals surface area (Å²) < 4.78 is 33.9. The van der Waals surface area contributed by atoms with Gasteiger partial charge in [0.2, 0.25) is 15.9 Å². The molecular weight excluding hydrogens is 461 g/mol. The maximum atomic E-state index is 13.4. The number of hydrogen-bond donors (Lipinski definition) is 0. The number of rotatable bonds is 5. The van der Waals surface area contributed by atoms with E-state index in [1.54, 1.807) is 4.90 Å². The number of piperazine rings is 1. The summed E-state index contributed by atoms with van der Waals surface area (Å²) in [6.45, 7) is 4.53. The van der Waals surface area contributed by atoms with Crippen molar-refractivity contribution in [1.82, 2.24) is 9.21 Å². The molecule has 0 bridgehead atoms. The lowest BCUT2D eigenvalue weighted by molar-refractivity contribution is -0.135. The zero-order chi connectivity index (χ0) is 22.8. The number of nitrogens with zero attached hydrogens (tertiary/aromatic N) is 3. The van der Waals surface area contributed by atoms with Crippen LogP contribution in [-0.2, 0) is 14.8 Å². The van der Waals surface area contributed by atoms with Crippen molar-refractivity contribution in [2.24, 2.45) is 5.92 Å². The van der Waals surface area contributed by atoms with Gasteiger partial charge in [0.25, 0.3) is 0 Å². The summed E-state index contributed by atoms with van der Waals surface area (Å²) in [4.78, 5) is 13.7. The summed E-state index contributed by atoms with van der Waals surface area (Å²) in [5.41, 5.74) is 0.184. The lowest BCUT2D eigenvalue weighted by atomic mass is 10.2. The van der Waals surface area contributed by atoms with E-state index in [1.165, 1.54) is 40.7 Å². The third-order valence-corrected chi connectivity index (χ3v) is 7.15. The Hall–Kier alpha value is -2.31. The standard InChI is InChI=1S/C21H21Cl2N3O4S/c1-14(2)21(27)25-5-7-26(8-6-25)31(28,29)20-9-15(13-24)3-4-19(20)30-18-11-16(22)10-17(23)12-18/h3-4,9-12,14H,5-8H2,1-2H3. The number of ether oxygens (including phenoxy) is 1. The number of sulfonamides is 1. The number of nitriles is 1. The van der Waals surface area contributed by atoms with Crippen LogP contribution in [-0.4, -0.2) is 49.7 Å². The first kappa shape index (κ1) is 23.4. The minimum atomic E-state index is -3.98. The van der Waals surface area contributed by atoms with Crippen LogP contribution in [0, 0.1) is 17.2 Å². The Balaban J connectivity index is 1.91. The molecule has 0 aromatic heterocycles. The fraction of sp³-hybridized carbons (Fsp3) is 0.333. The molecule has 0 spiro atoms. The van der Waals surface area contributed by atoms with E-state index >= 15 is 0 Å². The molecule has 2 aromatic rings. The van der Waals surface area contributed by atoms with Gasteiger partial charge in [0.05, 0.1) is 11.6 Å². The van der Waals surface area contributed by atoms with Gasteiger partial charge in [-0.2, -0.15) is 9.57 Å². The third-order valence-electron chi connectivity index (χ3n) is 4.80. The molecular formula is C21H21Cl2N3O4S. The summed E-state index contributed by atoms with van der Waals surface area (Å²) in [6.07, 6.45) is 0. The molecule has 1 aliphatic heterocycles. The fourth-order valence-electron chi connectivity index (χ4n) is 3.23. The highest BCUT2D eigenvalue weighted by atomic mass is 35.5. The molecule has 7 nitrogen and oxygen atoms in total. The van der Waals surface area contributed by atoms with E-state index < -0.39 is 10.0 Å². The van der Waals surface area contributed by atoms with Crippen molar-refractivity contribution in [3.63, 3.8) is 0 Å². The van der Waals surface area contributed by atoms with Crippen LogP contribution in [0.4, 0.5) is 0 Å². The first-order valence-electron chi connectivity index (χ1n) is 9.59. The van der Waals surface area contributed by atoms with Crippen LogP contribution in [0.3, 0.4) is 0 Å². The number of halogens is 2. The van der Waals surface area contributed by atoms with E-state index in [0.29, 0.717) is 23.1 Å². The van der Waals surface area contributed by atoms with Gasteiger partial charge in [0.1, 0.15) is 16.4 Å². The molecule has 0 saturated carbocycles. The summed E-state index contributed by atoms with van der Waals surface area (Å²) in [5, 5.41) is 9.94. The topological polar surface area (TPSA) is 90.7 Å². The second kappa shape index (κ2) is 9.45. The molecule has 1 heterocycles. The number of amides is 1. The number of hydrogen-bond acceptors (Lipinski definition) is 5. The normalized spacial score (nSPS) is 15.0. The van der Waals surface area contributed by atoms with E-state index in [4.69, 9.17) is 27.9 Å². The molecule has 1 fully saturated rings. The first-order valence-corrected chi connectivity index (χ1v) is 11.8. The summed E-state index contributed by atoms with van der Waals surface area (Å²) in [7, 11) is -3.98. The SMILES string of the molecule is CC(C)C(=O)N1CCN(S(=O)(=O)c2cc(C#N)ccc2Oc2cc(Cl)cc(Cl)c2)CC1. The first-order chi connectivity index (χ1) is 14.6. The molecule has 10 heteroatoms. The van der Waals surface area contributed by atoms with Gasteiger partial charge < -0.3 is 9.64 Å².